The summed E-state index contributed by atoms with van der Waals surface area (Å²) in [5.74, 6) is 0.0998. The Bertz CT molecular complexity index is 1180. The van der Waals surface area contributed by atoms with Crippen molar-refractivity contribution in [2.75, 3.05) is 33.2 Å². The van der Waals surface area contributed by atoms with Crippen LogP contribution in [0.5, 0.6) is 0 Å². The summed E-state index contributed by atoms with van der Waals surface area (Å²) in [4.78, 5) is 21.6. The van der Waals surface area contributed by atoms with Gasteiger partial charge in [-0.15, -0.1) is 0 Å². The number of nitrogens with zero attached hydrogens (tertiary/aromatic N) is 5. The molecule has 1 aliphatic rings. The monoisotopic (exact) mass is 397 g/mol. The molecule has 4 aromatic rings. The molecule has 0 atom stereocenters. The summed E-state index contributed by atoms with van der Waals surface area (Å²) in [5.41, 5.74) is 5.63. The van der Waals surface area contributed by atoms with Crippen molar-refractivity contribution in [1.29, 1.82) is 0 Å². The highest BCUT2D eigenvalue weighted by Gasteiger charge is 2.20. The minimum atomic E-state index is 0.0998. The van der Waals surface area contributed by atoms with Gasteiger partial charge in [0.05, 0.1) is 6.20 Å². The smallest absolute Gasteiger partial charge is 0.253 e. The number of hydrogen-bond acceptors (Lipinski definition) is 4. The van der Waals surface area contributed by atoms with Gasteiger partial charge in [0.2, 0.25) is 0 Å². The van der Waals surface area contributed by atoms with Crippen LogP contribution in [0.4, 0.5) is 0 Å². The fraction of sp³-hybridized carbons (Fsp3) is 0.208. The van der Waals surface area contributed by atoms with Gasteiger partial charge in [-0.3, -0.25) is 4.79 Å². The number of aromatic nitrogens is 3. The van der Waals surface area contributed by atoms with E-state index < -0.39 is 0 Å². The summed E-state index contributed by atoms with van der Waals surface area (Å²) < 4.78 is 1.81. The fourth-order valence-corrected chi connectivity index (χ4v) is 3.84. The van der Waals surface area contributed by atoms with Gasteiger partial charge in [-0.25, -0.2) is 9.50 Å². The zero-order valence-corrected chi connectivity index (χ0v) is 16.9. The zero-order chi connectivity index (χ0) is 20.5. The minimum Gasteiger partial charge on any atom is -0.336 e. The largest absolute Gasteiger partial charge is 0.336 e. The maximum atomic E-state index is 12.7. The highest BCUT2D eigenvalue weighted by atomic mass is 16.2. The standard InChI is InChI=1S/C24H23N5O/c1-27-11-13-28(14-12-27)24(30)20-9-7-18(8-10-20)21-15-25-23-22(16-26-29(23)17-21)19-5-3-2-4-6-19/h2-10,15-17H,11-14H2,1H3. The predicted molar refractivity (Wildman–Crippen MR) is 117 cm³/mol. The van der Waals surface area contributed by atoms with E-state index in [4.69, 9.17) is 0 Å². The van der Waals surface area contributed by atoms with Crippen LogP contribution in [0.3, 0.4) is 0 Å². The minimum absolute atomic E-state index is 0.0998. The molecule has 1 aliphatic heterocycles. The second-order valence-electron chi connectivity index (χ2n) is 7.71. The summed E-state index contributed by atoms with van der Waals surface area (Å²) in [5, 5.41) is 4.48. The van der Waals surface area contributed by atoms with Gasteiger partial charge in [-0.05, 0) is 30.3 Å². The summed E-state index contributed by atoms with van der Waals surface area (Å²) in [6.45, 7) is 3.40. The number of carbonyl (C=O) groups is 1. The predicted octanol–water partition coefficient (Wildman–Crippen LogP) is 3.45. The summed E-state index contributed by atoms with van der Waals surface area (Å²) in [7, 11) is 2.09. The molecular formula is C24H23N5O. The van der Waals surface area contributed by atoms with Crippen LogP contribution in [0.15, 0.2) is 73.2 Å². The lowest BCUT2D eigenvalue weighted by atomic mass is 10.1. The highest BCUT2D eigenvalue weighted by molar-refractivity contribution is 5.94. The van der Waals surface area contributed by atoms with Crippen LogP contribution in [0.2, 0.25) is 0 Å². The quantitative estimate of drug-likeness (QED) is 0.531. The van der Waals surface area contributed by atoms with Crippen molar-refractivity contribution < 1.29 is 4.79 Å². The number of likely N-dealkylation sites (N-methyl/N-ethyl adjacent to an activating group) is 1. The average Bonchev–Trinajstić information content (AvgIpc) is 3.23. The first-order valence-corrected chi connectivity index (χ1v) is 10.2. The summed E-state index contributed by atoms with van der Waals surface area (Å²) in [6, 6.07) is 17.9. The van der Waals surface area contributed by atoms with Gasteiger partial charge in [-0.1, -0.05) is 42.5 Å². The normalized spacial score (nSPS) is 14.9. The highest BCUT2D eigenvalue weighted by Crippen LogP contribution is 2.25. The molecule has 1 saturated heterocycles. The molecular weight excluding hydrogens is 374 g/mol. The first kappa shape index (κ1) is 18.5. The SMILES string of the molecule is CN1CCN(C(=O)c2ccc(-c3cnc4c(-c5ccccc5)cnn4c3)cc2)CC1. The topological polar surface area (TPSA) is 53.7 Å². The van der Waals surface area contributed by atoms with Gasteiger partial charge in [0.25, 0.3) is 5.91 Å². The Morgan fingerprint density at radius 3 is 2.30 bits per heavy atom. The third-order valence-corrected chi connectivity index (χ3v) is 5.70. The molecule has 5 rings (SSSR count). The van der Waals surface area contributed by atoms with Crippen LogP contribution < -0.4 is 0 Å². The average molecular weight is 397 g/mol. The number of amides is 1. The summed E-state index contributed by atoms with van der Waals surface area (Å²) >= 11 is 0. The molecule has 0 N–H and O–H groups in total. The van der Waals surface area contributed by atoms with Crippen molar-refractivity contribution in [3.8, 4) is 22.3 Å². The number of benzene rings is 2. The fourth-order valence-electron chi connectivity index (χ4n) is 3.84. The van der Waals surface area contributed by atoms with Crippen LogP contribution in [0.25, 0.3) is 27.9 Å². The van der Waals surface area contributed by atoms with Crippen molar-refractivity contribution in [3.05, 3.63) is 78.8 Å². The van der Waals surface area contributed by atoms with Crippen LogP contribution in [0.1, 0.15) is 10.4 Å². The molecule has 2 aromatic heterocycles. The van der Waals surface area contributed by atoms with Gasteiger partial charge in [0, 0.05) is 55.3 Å². The van der Waals surface area contributed by atoms with E-state index in [2.05, 4.69) is 34.2 Å². The van der Waals surface area contributed by atoms with Gasteiger partial charge in [0.1, 0.15) is 0 Å². The number of rotatable bonds is 3. The molecule has 0 unspecified atom stereocenters. The van der Waals surface area contributed by atoms with Gasteiger partial charge >= 0.3 is 0 Å². The van der Waals surface area contributed by atoms with Gasteiger partial charge in [0.15, 0.2) is 5.65 Å². The van der Waals surface area contributed by atoms with Gasteiger partial charge < -0.3 is 9.80 Å². The second kappa shape index (κ2) is 7.72. The third kappa shape index (κ3) is 3.46. The van der Waals surface area contributed by atoms with Crippen LogP contribution in [-0.2, 0) is 0 Å². The van der Waals surface area contributed by atoms with Crippen LogP contribution in [0, 0.1) is 0 Å². The lowest BCUT2D eigenvalue weighted by molar-refractivity contribution is 0.0664. The number of hydrogen-bond donors (Lipinski definition) is 0. The molecule has 0 aliphatic carbocycles. The molecule has 0 spiro atoms. The molecule has 3 heterocycles. The Morgan fingerprint density at radius 2 is 1.57 bits per heavy atom. The van der Waals surface area contributed by atoms with E-state index in [0.717, 1.165) is 59.6 Å². The third-order valence-electron chi connectivity index (χ3n) is 5.70. The van der Waals surface area contributed by atoms with Crippen molar-refractivity contribution in [2.24, 2.45) is 0 Å². The molecule has 30 heavy (non-hydrogen) atoms. The Balaban J connectivity index is 1.38. The van der Waals surface area contributed by atoms with Crippen molar-refractivity contribution in [2.45, 2.75) is 0 Å². The van der Waals surface area contributed by atoms with Crippen molar-refractivity contribution in [3.63, 3.8) is 0 Å². The lowest BCUT2D eigenvalue weighted by Crippen LogP contribution is -2.47. The molecule has 1 fully saturated rings. The number of carbonyl (C=O) groups excluding carboxylic acids is 1. The van der Waals surface area contributed by atoms with E-state index in [1.165, 1.54) is 0 Å². The number of piperazine rings is 1. The van der Waals surface area contributed by atoms with Crippen LogP contribution >= 0.6 is 0 Å². The molecule has 0 radical (unpaired) electrons. The van der Waals surface area contributed by atoms with E-state index in [1.54, 1.807) is 4.52 Å². The molecule has 150 valence electrons. The zero-order valence-electron chi connectivity index (χ0n) is 16.9. The molecule has 2 aromatic carbocycles. The van der Waals surface area contributed by atoms with E-state index in [1.807, 2.05) is 66.0 Å². The number of fused-ring (bicyclic) bond motifs is 1. The molecule has 6 heteroatoms. The Morgan fingerprint density at radius 1 is 0.833 bits per heavy atom. The van der Waals surface area contributed by atoms with Crippen LogP contribution in [-0.4, -0.2) is 63.5 Å². The Kier molecular flexibility index (Phi) is 4.77. The summed E-state index contributed by atoms with van der Waals surface area (Å²) in [6.07, 6.45) is 5.69. The molecule has 0 saturated carbocycles. The Labute approximate surface area is 175 Å². The second-order valence-corrected chi connectivity index (χ2v) is 7.71. The first-order chi connectivity index (χ1) is 14.7. The maximum absolute atomic E-state index is 12.7. The van der Waals surface area contributed by atoms with E-state index >= 15 is 0 Å². The van der Waals surface area contributed by atoms with E-state index in [0.29, 0.717) is 0 Å². The van der Waals surface area contributed by atoms with Crippen molar-refractivity contribution >= 4 is 11.6 Å². The lowest BCUT2D eigenvalue weighted by Gasteiger charge is -2.32. The van der Waals surface area contributed by atoms with Crippen molar-refractivity contribution in [1.82, 2.24) is 24.4 Å². The Hall–Kier alpha value is -3.51. The molecule has 0 bridgehead atoms. The molecule has 6 nitrogen and oxygen atoms in total. The van der Waals surface area contributed by atoms with E-state index in [-0.39, 0.29) is 5.91 Å². The molecule has 1 amide bonds. The maximum Gasteiger partial charge on any atom is 0.253 e. The van der Waals surface area contributed by atoms with Gasteiger partial charge in [-0.2, -0.15) is 5.10 Å². The van der Waals surface area contributed by atoms with E-state index in [9.17, 15) is 4.79 Å². The first-order valence-electron chi connectivity index (χ1n) is 10.2.